The number of pyridine rings is 1. The van der Waals surface area contributed by atoms with E-state index in [4.69, 9.17) is 9.72 Å². The monoisotopic (exact) mass is 336 g/mol. The Labute approximate surface area is 150 Å². The van der Waals surface area contributed by atoms with Gasteiger partial charge in [0.15, 0.2) is 0 Å². The van der Waals surface area contributed by atoms with Crippen molar-refractivity contribution in [1.29, 1.82) is 0 Å². The molecule has 2 aromatic rings. The van der Waals surface area contributed by atoms with Gasteiger partial charge in [-0.25, -0.2) is 4.98 Å². The number of piperidine rings is 1. The van der Waals surface area contributed by atoms with Crippen molar-refractivity contribution in [3.63, 3.8) is 0 Å². The third-order valence-electron chi connectivity index (χ3n) is 6.92. The van der Waals surface area contributed by atoms with E-state index in [2.05, 4.69) is 30.0 Å². The van der Waals surface area contributed by atoms with Gasteiger partial charge in [0.25, 0.3) is 0 Å². The lowest BCUT2D eigenvalue weighted by Crippen LogP contribution is -2.43. The number of hydrogen-bond acceptors (Lipinski definition) is 3. The number of fused-ring (bicyclic) bond motifs is 2. The van der Waals surface area contributed by atoms with Crippen LogP contribution in [0.5, 0.6) is 0 Å². The second-order valence-electron chi connectivity index (χ2n) is 8.39. The predicted molar refractivity (Wildman–Crippen MR) is 102 cm³/mol. The molecule has 3 heterocycles. The summed E-state index contributed by atoms with van der Waals surface area (Å²) in [5.41, 5.74) is 6.19. The molecule has 0 unspecified atom stereocenters. The van der Waals surface area contributed by atoms with E-state index in [0.29, 0.717) is 5.41 Å². The molecular weight excluding hydrogens is 308 g/mol. The van der Waals surface area contributed by atoms with Crippen LogP contribution in [-0.4, -0.2) is 31.3 Å². The van der Waals surface area contributed by atoms with E-state index in [0.717, 1.165) is 26.3 Å². The molecule has 2 saturated heterocycles. The largest absolute Gasteiger partial charge is 0.381 e. The standard InChI is InChI=1S/C22H28N2O/c1-16-13-21(23-20-15-18-4-2-3-17(18)14-19(16)20)24-9-5-22(6-10-24)7-11-25-12-8-22/h13-15H,2-12H2,1H3. The van der Waals surface area contributed by atoms with Crippen LogP contribution in [0.2, 0.25) is 0 Å². The quantitative estimate of drug-likeness (QED) is 0.770. The second kappa shape index (κ2) is 5.98. The van der Waals surface area contributed by atoms with Crippen LogP contribution in [0.1, 0.15) is 48.8 Å². The van der Waals surface area contributed by atoms with Gasteiger partial charge in [-0.3, -0.25) is 0 Å². The molecule has 1 aromatic carbocycles. The zero-order chi connectivity index (χ0) is 16.9. The molecule has 3 nitrogen and oxygen atoms in total. The topological polar surface area (TPSA) is 25.4 Å². The van der Waals surface area contributed by atoms with Gasteiger partial charge in [-0.1, -0.05) is 0 Å². The van der Waals surface area contributed by atoms with Gasteiger partial charge >= 0.3 is 0 Å². The van der Waals surface area contributed by atoms with Crippen LogP contribution in [0, 0.1) is 12.3 Å². The third-order valence-corrected chi connectivity index (χ3v) is 6.92. The zero-order valence-electron chi connectivity index (χ0n) is 15.3. The van der Waals surface area contributed by atoms with Crippen molar-refractivity contribution in [3.05, 3.63) is 34.9 Å². The Morgan fingerprint density at radius 2 is 1.68 bits per heavy atom. The van der Waals surface area contributed by atoms with E-state index in [9.17, 15) is 0 Å². The van der Waals surface area contributed by atoms with E-state index in [-0.39, 0.29) is 0 Å². The first-order valence-electron chi connectivity index (χ1n) is 9.98. The predicted octanol–water partition coefficient (Wildman–Crippen LogP) is 4.43. The average Bonchev–Trinajstić information content (AvgIpc) is 3.09. The van der Waals surface area contributed by atoms with E-state index in [1.807, 2.05) is 0 Å². The molecule has 25 heavy (non-hydrogen) atoms. The van der Waals surface area contributed by atoms with Crippen LogP contribution in [0.25, 0.3) is 10.9 Å². The van der Waals surface area contributed by atoms with Crippen LogP contribution in [0.15, 0.2) is 18.2 Å². The van der Waals surface area contributed by atoms with Crippen LogP contribution >= 0.6 is 0 Å². The molecule has 1 aromatic heterocycles. The Morgan fingerprint density at radius 1 is 0.960 bits per heavy atom. The Balaban J connectivity index is 1.42. The summed E-state index contributed by atoms with van der Waals surface area (Å²) in [5.74, 6) is 1.19. The van der Waals surface area contributed by atoms with Crippen LogP contribution in [0.3, 0.4) is 0 Å². The maximum Gasteiger partial charge on any atom is 0.129 e. The molecule has 2 fully saturated rings. The van der Waals surface area contributed by atoms with E-state index in [1.165, 1.54) is 72.8 Å². The molecule has 0 atom stereocenters. The molecule has 0 N–H and O–H groups in total. The summed E-state index contributed by atoms with van der Waals surface area (Å²) in [4.78, 5) is 7.59. The number of aromatic nitrogens is 1. The lowest BCUT2D eigenvalue weighted by atomic mass is 9.72. The van der Waals surface area contributed by atoms with E-state index >= 15 is 0 Å². The molecule has 0 radical (unpaired) electrons. The smallest absolute Gasteiger partial charge is 0.129 e. The lowest BCUT2D eigenvalue weighted by molar-refractivity contribution is 0.00206. The van der Waals surface area contributed by atoms with Gasteiger partial charge in [0.05, 0.1) is 5.52 Å². The van der Waals surface area contributed by atoms with Crippen LogP contribution in [0.4, 0.5) is 5.82 Å². The van der Waals surface area contributed by atoms with Gasteiger partial charge in [0.2, 0.25) is 0 Å². The Kier molecular flexibility index (Phi) is 3.74. The Hall–Kier alpha value is -1.61. The molecule has 0 saturated carbocycles. The molecular formula is C22H28N2O. The normalized spacial score (nSPS) is 22.5. The third kappa shape index (κ3) is 2.73. The number of ether oxygens (including phenoxy) is 1. The minimum absolute atomic E-state index is 0.543. The highest BCUT2D eigenvalue weighted by molar-refractivity contribution is 5.85. The maximum absolute atomic E-state index is 5.58. The van der Waals surface area contributed by atoms with Gasteiger partial charge in [-0.05, 0) is 92.2 Å². The summed E-state index contributed by atoms with van der Waals surface area (Å²) < 4.78 is 5.58. The average molecular weight is 336 g/mol. The number of nitrogens with zero attached hydrogens (tertiary/aromatic N) is 2. The molecule has 1 aliphatic carbocycles. The number of hydrogen-bond donors (Lipinski definition) is 0. The summed E-state index contributed by atoms with van der Waals surface area (Å²) in [6.45, 7) is 6.45. The van der Waals surface area contributed by atoms with Gasteiger partial charge in [-0.2, -0.15) is 0 Å². The van der Waals surface area contributed by atoms with Gasteiger partial charge in [0.1, 0.15) is 5.82 Å². The van der Waals surface area contributed by atoms with Gasteiger partial charge < -0.3 is 9.64 Å². The van der Waals surface area contributed by atoms with E-state index < -0.39 is 0 Å². The van der Waals surface area contributed by atoms with Crippen molar-refractivity contribution in [2.24, 2.45) is 5.41 Å². The van der Waals surface area contributed by atoms with Crippen molar-refractivity contribution >= 4 is 16.7 Å². The second-order valence-corrected chi connectivity index (χ2v) is 8.39. The Morgan fingerprint density at radius 3 is 2.44 bits per heavy atom. The summed E-state index contributed by atoms with van der Waals surface area (Å²) in [7, 11) is 0. The van der Waals surface area contributed by atoms with Crippen molar-refractivity contribution in [1.82, 2.24) is 4.98 Å². The number of anilines is 1. The minimum Gasteiger partial charge on any atom is -0.381 e. The van der Waals surface area contributed by atoms with Gasteiger partial charge in [-0.15, -0.1) is 0 Å². The number of benzene rings is 1. The molecule has 5 rings (SSSR count). The zero-order valence-corrected chi connectivity index (χ0v) is 15.3. The number of aryl methyl sites for hydroxylation is 3. The SMILES string of the molecule is Cc1cc(N2CCC3(CCOCC3)CC2)nc2cc3c(cc12)CCC3. The summed E-state index contributed by atoms with van der Waals surface area (Å²) in [6, 6.07) is 7.07. The fourth-order valence-electron chi connectivity index (χ4n) is 5.12. The highest BCUT2D eigenvalue weighted by Crippen LogP contribution is 2.41. The number of rotatable bonds is 1. The summed E-state index contributed by atoms with van der Waals surface area (Å²) >= 11 is 0. The van der Waals surface area contributed by atoms with Crippen LogP contribution < -0.4 is 4.90 Å². The first-order valence-corrected chi connectivity index (χ1v) is 9.98. The summed E-state index contributed by atoms with van der Waals surface area (Å²) in [6.07, 6.45) is 8.84. The molecule has 2 aliphatic heterocycles. The molecule has 3 heteroatoms. The molecule has 0 amide bonds. The molecule has 1 spiro atoms. The first-order chi connectivity index (χ1) is 12.2. The highest BCUT2D eigenvalue weighted by Gasteiger charge is 2.36. The summed E-state index contributed by atoms with van der Waals surface area (Å²) in [5, 5.41) is 1.35. The first kappa shape index (κ1) is 15.6. The van der Waals surface area contributed by atoms with Crippen molar-refractivity contribution in [2.45, 2.75) is 51.9 Å². The van der Waals surface area contributed by atoms with Crippen molar-refractivity contribution < 1.29 is 4.74 Å². The molecule has 3 aliphatic rings. The fraction of sp³-hybridized carbons (Fsp3) is 0.591. The van der Waals surface area contributed by atoms with Crippen molar-refractivity contribution in [3.8, 4) is 0 Å². The highest BCUT2D eigenvalue weighted by atomic mass is 16.5. The molecule has 0 bridgehead atoms. The Bertz CT molecular complexity index is 797. The van der Waals surface area contributed by atoms with Crippen molar-refractivity contribution in [2.75, 3.05) is 31.2 Å². The minimum atomic E-state index is 0.543. The van der Waals surface area contributed by atoms with E-state index in [1.54, 1.807) is 5.56 Å². The maximum atomic E-state index is 5.58. The van der Waals surface area contributed by atoms with Crippen LogP contribution in [-0.2, 0) is 17.6 Å². The fourth-order valence-corrected chi connectivity index (χ4v) is 5.12. The lowest BCUT2D eigenvalue weighted by Gasteiger charge is -2.44. The molecule has 132 valence electrons. The van der Waals surface area contributed by atoms with Gasteiger partial charge in [0, 0.05) is 31.7 Å².